The Morgan fingerprint density at radius 1 is 1.33 bits per heavy atom. The predicted molar refractivity (Wildman–Crippen MR) is 76.9 cm³/mol. The molecule has 6 nitrogen and oxygen atoms in total. The molecule has 0 N–H and O–H groups in total. The van der Waals surface area contributed by atoms with E-state index in [2.05, 4.69) is 13.2 Å². The van der Waals surface area contributed by atoms with E-state index in [1.54, 1.807) is 0 Å². The average Bonchev–Trinajstić information content (AvgIpc) is 2.37. The van der Waals surface area contributed by atoms with E-state index in [1.165, 1.54) is 19.1 Å². The third-order valence-corrected chi connectivity index (χ3v) is 4.70. The molecule has 0 unspecified atom stereocenters. The molecule has 0 aliphatic rings. The third-order valence-electron chi connectivity index (χ3n) is 2.72. The minimum absolute atomic E-state index is 0.0129. The molecule has 8 heteroatoms. The second kappa shape index (κ2) is 6.59. The molecule has 0 aliphatic carbocycles. The highest BCUT2D eigenvalue weighted by atomic mass is 32.2. The number of sulfonamides is 1. The lowest BCUT2D eigenvalue weighted by Crippen LogP contribution is -2.32. The third kappa shape index (κ3) is 3.53. The van der Waals surface area contributed by atoms with Crippen LogP contribution in [0.5, 0.6) is 0 Å². The van der Waals surface area contributed by atoms with Gasteiger partial charge in [-0.25, -0.2) is 8.42 Å². The molecule has 0 radical (unpaired) electrons. The summed E-state index contributed by atoms with van der Waals surface area (Å²) in [7, 11) is -4.01. The number of nitro groups is 1. The molecular weight excluding hydrogens is 299 g/mol. The van der Waals surface area contributed by atoms with Crippen molar-refractivity contribution in [3.8, 4) is 0 Å². The molecule has 0 saturated heterocycles. The Kier molecular flexibility index (Phi) is 5.34. The van der Waals surface area contributed by atoms with Crippen LogP contribution >= 0.6 is 0 Å². The Hall–Kier alpha value is -2.06. The monoisotopic (exact) mass is 314 g/mol. The van der Waals surface area contributed by atoms with Crippen molar-refractivity contribution in [2.75, 3.05) is 13.1 Å². The van der Waals surface area contributed by atoms with Gasteiger partial charge in [-0.15, -0.1) is 13.2 Å². The van der Waals surface area contributed by atoms with Gasteiger partial charge in [0.25, 0.3) is 0 Å². The SMILES string of the molecule is C=CCN(CC=C)S(=O)(=O)c1cc([N+](=O)[O-])c(F)cc1C. The topological polar surface area (TPSA) is 80.5 Å². The van der Waals surface area contributed by atoms with Gasteiger partial charge in [-0.2, -0.15) is 8.70 Å². The molecule has 1 aromatic carbocycles. The lowest BCUT2D eigenvalue weighted by atomic mass is 10.2. The van der Waals surface area contributed by atoms with Crippen LogP contribution in [-0.2, 0) is 10.0 Å². The highest BCUT2D eigenvalue weighted by Gasteiger charge is 2.28. The maximum Gasteiger partial charge on any atom is 0.306 e. The quantitative estimate of drug-likeness (QED) is 0.440. The first kappa shape index (κ1) is 17.0. The summed E-state index contributed by atoms with van der Waals surface area (Å²) in [5, 5.41) is 10.8. The van der Waals surface area contributed by atoms with Crippen molar-refractivity contribution in [3.63, 3.8) is 0 Å². The first-order chi connectivity index (χ1) is 9.75. The second-order valence-corrected chi connectivity index (χ2v) is 6.13. The van der Waals surface area contributed by atoms with Crippen LogP contribution in [0.3, 0.4) is 0 Å². The smallest absolute Gasteiger partial charge is 0.258 e. The van der Waals surface area contributed by atoms with Crippen molar-refractivity contribution < 1.29 is 17.7 Å². The summed E-state index contributed by atoms with van der Waals surface area (Å²) in [5.74, 6) is -1.07. The van der Waals surface area contributed by atoms with E-state index in [4.69, 9.17) is 0 Å². The van der Waals surface area contributed by atoms with Gasteiger partial charge in [0.15, 0.2) is 0 Å². The summed E-state index contributed by atoms with van der Waals surface area (Å²) in [6.07, 6.45) is 2.77. The molecule has 21 heavy (non-hydrogen) atoms. The Morgan fingerprint density at radius 2 is 1.86 bits per heavy atom. The summed E-state index contributed by atoms with van der Waals surface area (Å²) < 4.78 is 39.5. The number of nitrogens with zero attached hydrogens (tertiary/aromatic N) is 2. The first-order valence-corrected chi connectivity index (χ1v) is 7.36. The molecule has 0 aromatic heterocycles. The molecule has 0 atom stereocenters. The molecule has 1 rings (SSSR count). The first-order valence-electron chi connectivity index (χ1n) is 5.92. The van der Waals surface area contributed by atoms with Crippen molar-refractivity contribution in [2.24, 2.45) is 0 Å². The standard InChI is InChI=1S/C13H15FN2O4S/c1-4-6-15(7-5-2)21(19,20)13-9-12(16(17)18)11(14)8-10(13)3/h4-5,8-9H,1-2,6-7H2,3H3. The number of hydrogen-bond donors (Lipinski definition) is 0. The van der Waals surface area contributed by atoms with Crippen LogP contribution < -0.4 is 0 Å². The number of benzene rings is 1. The zero-order valence-electron chi connectivity index (χ0n) is 11.5. The van der Waals surface area contributed by atoms with E-state index < -0.39 is 26.5 Å². The van der Waals surface area contributed by atoms with Gasteiger partial charge in [-0.05, 0) is 18.6 Å². The number of hydrogen-bond acceptors (Lipinski definition) is 4. The van der Waals surface area contributed by atoms with Crippen LogP contribution in [0.25, 0.3) is 0 Å². The van der Waals surface area contributed by atoms with E-state index in [0.29, 0.717) is 0 Å². The Morgan fingerprint density at radius 3 is 2.29 bits per heavy atom. The van der Waals surface area contributed by atoms with Gasteiger partial charge in [0.05, 0.1) is 9.82 Å². The molecule has 0 bridgehead atoms. The van der Waals surface area contributed by atoms with E-state index in [-0.39, 0.29) is 23.5 Å². The van der Waals surface area contributed by atoms with Gasteiger partial charge >= 0.3 is 5.69 Å². The van der Waals surface area contributed by atoms with Gasteiger partial charge in [0, 0.05) is 19.2 Å². The van der Waals surface area contributed by atoms with E-state index in [1.807, 2.05) is 0 Å². The molecule has 0 aliphatic heterocycles. The fourth-order valence-corrected chi connectivity index (χ4v) is 3.37. The van der Waals surface area contributed by atoms with Crippen LogP contribution in [-0.4, -0.2) is 30.7 Å². The van der Waals surface area contributed by atoms with Gasteiger partial charge in [-0.1, -0.05) is 12.2 Å². The Labute approximate surface area is 122 Å². The van der Waals surface area contributed by atoms with Gasteiger partial charge in [0.1, 0.15) is 0 Å². The van der Waals surface area contributed by atoms with Crippen LogP contribution in [0.4, 0.5) is 10.1 Å². The van der Waals surface area contributed by atoms with Crippen molar-refractivity contribution >= 4 is 15.7 Å². The van der Waals surface area contributed by atoms with E-state index in [9.17, 15) is 22.9 Å². The summed E-state index contributed by atoms with van der Waals surface area (Å²) in [6.45, 7) is 8.33. The van der Waals surface area contributed by atoms with E-state index in [0.717, 1.165) is 16.4 Å². The minimum atomic E-state index is -4.01. The molecule has 114 valence electrons. The highest BCUT2D eigenvalue weighted by molar-refractivity contribution is 7.89. The largest absolute Gasteiger partial charge is 0.306 e. The lowest BCUT2D eigenvalue weighted by molar-refractivity contribution is -0.387. The molecule has 1 aromatic rings. The molecule has 0 fully saturated rings. The average molecular weight is 314 g/mol. The molecule has 0 heterocycles. The van der Waals surface area contributed by atoms with Gasteiger partial charge in [-0.3, -0.25) is 10.1 Å². The van der Waals surface area contributed by atoms with Crippen LogP contribution in [0.15, 0.2) is 42.3 Å². The summed E-state index contributed by atoms with van der Waals surface area (Å²) in [6, 6.07) is 1.57. The zero-order chi connectivity index (χ0) is 16.2. The number of nitro benzene ring substituents is 1. The molecular formula is C13H15FN2O4S. The molecule has 0 spiro atoms. The van der Waals surface area contributed by atoms with Crippen molar-refractivity contribution in [1.29, 1.82) is 0 Å². The fourth-order valence-electron chi connectivity index (χ4n) is 1.76. The molecule has 0 saturated carbocycles. The number of rotatable bonds is 7. The maximum atomic E-state index is 13.5. The van der Waals surface area contributed by atoms with Gasteiger partial charge in [0.2, 0.25) is 15.8 Å². The Bertz CT molecular complexity index is 676. The highest BCUT2D eigenvalue weighted by Crippen LogP contribution is 2.27. The normalized spacial score (nSPS) is 11.4. The van der Waals surface area contributed by atoms with Crippen molar-refractivity contribution in [3.05, 3.63) is 58.9 Å². The molecule has 0 amide bonds. The van der Waals surface area contributed by atoms with E-state index >= 15 is 0 Å². The van der Waals surface area contributed by atoms with Crippen molar-refractivity contribution in [1.82, 2.24) is 4.31 Å². The van der Waals surface area contributed by atoms with Crippen LogP contribution in [0.2, 0.25) is 0 Å². The zero-order valence-corrected chi connectivity index (χ0v) is 12.3. The summed E-state index contributed by atoms with van der Waals surface area (Å²) in [4.78, 5) is 9.49. The predicted octanol–water partition coefficient (Wildman–Crippen LogP) is 2.41. The number of aryl methyl sites for hydroxylation is 1. The minimum Gasteiger partial charge on any atom is -0.258 e. The second-order valence-electron chi connectivity index (χ2n) is 4.23. The Balaban J connectivity index is 3.49. The fraction of sp³-hybridized carbons (Fsp3) is 0.231. The van der Waals surface area contributed by atoms with Crippen LogP contribution in [0, 0.1) is 22.9 Å². The van der Waals surface area contributed by atoms with Gasteiger partial charge < -0.3 is 0 Å². The lowest BCUT2D eigenvalue weighted by Gasteiger charge is -2.20. The number of halogens is 1. The summed E-state index contributed by atoms with van der Waals surface area (Å²) in [5.41, 5.74) is -0.785. The van der Waals surface area contributed by atoms with Crippen LogP contribution in [0.1, 0.15) is 5.56 Å². The summed E-state index contributed by atoms with van der Waals surface area (Å²) >= 11 is 0. The van der Waals surface area contributed by atoms with Crippen molar-refractivity contribution in [2.45, 2.75) is 11.8 Å². The maximum absolute atomic E-state index is 13.5.